The largest absolute Gasteiger partial charge is 0.329 e. The van der Waals surface area contributed by atoms with Crippen LogP contribution in [0.25, 0.3) is 10.9 Å². The number of hydrogen-bond acceptors (Lipinski definition) is 7. The predicted octanol–water partition coefficient (Wildman–Crippen LogP) is 4.47. The number of alkyl halides is 2. The van der Waals surface area contributed by atoms with Crippen molar-refractivity contribution in [1.82, 2.24) is 19.2 Å². The van der Waals surface area contributed by atoms with Gasteiger partial charge in [0.1, 0.15) is 5.82 Å². The molecule has 1 aromatic heterocycles. The summed E-state index contributed by atoms with van der Waals surface area (Å²) in [6.45, 7) is 1.91. The minimum absolute atomic E-state index is 0.00924. The number of H-pyrrole nitrogens is 1. The Labute approximate surface area is 223 Å². The molecule has 4 rings (SSSR count). The first kappa shape index (κ1) is 28.9. The lowest BCUT2D eigenvalue weighted by Crippen LogP contribution is -2.55. The fourth-order valence-corrected chi connectivity index (χ4v) is 5.50. The fourth-order valence-electron chi connectivity index (χ4n) is 3.88. The number of benzene rings is 2. The molecule has 1 fully saturated rings. The van der Waals surface area contributed by atoms with Crippen LogP contribution in [0.5, 0.6) is 0 Å². The fraction of sp³-hybridized carbons (Fsp3) is 0.364. The van der Waals surface area contributed by atoms with E-state index in [4.69, 9.17) is 28.3 Å². The number of likely N-dealkylation sites (tertiary alicyclic amines) is 1. The molecular weight excluding hydrogens is 558 g/mol. The molecule has 36 heavy (non-hydrogen) atoms. The number of nitrogens with two attached hydrogens (primary N) is 1. The van der Waals surface area contributed by atoms with Crippen LogP contribution in [-0.4, -0.2) is 46.3 Å². The van der Waals surface area contributed by atoms with E-state index in [0.717, 1.165) is 39.0 Å². The molecule has 4 N–H and O–H groups in total. The molecule has 0 atom stereocenters. The predicted molar refractivity (Wildman–Crippen MR) is 142 cm³/mol. The van der Waals surface area contributed by atoms with E-state index in [1.807, 2.05) is 17.9 Å². The van der Waals surface area contributed by atoms with Crippen LogP contribution >= 0.6 is 47.1 Å². The normalized spacial score (nSPS) is 14.0. The molecule has 2 aromatic carbocycles. The maximum absolute atomic E-state index is 15.0. The first-order valence-electron chi connectivity index (χ1n) is 10.7. The lowest BCUT2D eigenvalue weighted by atomic mass is 10.1. The zero-order valence-corrected chi connectivity index (χ0v) is 22.3. The molecular formula is C22H24Cl2F3N5O2S2. The van der Waals surface area contributed by atoms with Gasteiger partial charge in [0.25, 0.3) is 5.56 Å². The van der Waals surface area contributed by atoms with Gasteiger partial charge in [0.2, 0.25) is 6.93 Å². The van der Waals surface area contributed by atoms with Gasteiger partial charge in [0.05, 0.1) is 22.5 Å². The third-order valence-electron chi connectivity index (χ3n) is 5.49. The Morgan fingerprint density at radius 2 is 1.89 bits per heavy atom. The van der Waals surface area contributed by atoms with Crippen LogP contribution in [0.1, 0.15) is 18.1 Å². The second-order valence-electron chi connectivity index (χ2n) is 7.81. The van der Waals surface area contributed by atoms with E-state index in [-0.39, 0.29) is 40.6 Å². The van der Waals surface area contributed by atoms with Gasteiger partial charge in [-0.1, -0.05) is 30.1 Å². The number of hydrogen-bond donors (Lipinski definition) is 3. The lowest BCUT2D eigenvalue weighted by Gasteiger charge is -2.39. The highest BCUT2D eigenvalue weighted by atomic mass is 35.5. The zero-order chi connectivity index (χ0) is 26.4. The van der Waals surface area contributed by atoms with Crippen molar-refractivity contribution in [2.45, 2.75) is 31.0 Å². The minimum Gasteiger partial charge on any atom is -0.305 e. The molecule has 0 radical (unpaired) electrons. The second-order valence-corrected chi connectivity index (χ2v) is 10.4. The standard InChI is InChI=1S/C21H22Cl2FN5O2S2.CH2F2/c1-2-32-17-4-3-12(22)5-11(17)7-29-20(30)14-6-16(24)15(18(23)19(14)26-21(29)31)10-28-8-13(9-28)27-33-25;2-1-3/h3-6,13,27H,2,7-10,25H2,1H3,(H,26,31);1H2. The topological polar surface area (TPSA) is 96.2 Å². The van der Waals surface area contributed by atoms with Crippen molar-refractivity contribution in [3.8, 4) is 0 Å². The minimum atomic E-state index is -1.75. The number of fused-ring (bicyclic) bond motifs is 1. The molecule has 1 aliphatic rings. The first-order chi connectivity index (χ1) is 17.2. The smallest absolute Gasteiger partial charge is 0.305 e. The molecule has 0 spiro atoms. The summed E-state index contributed by atoms with van der Waals surface area (Å²) < 4.78 is 38.3. The van der Waals surface area contributed by atoms with Crippen LogP contribution in [-0.2, 0) is 13.1 Å². The van der Waals surface area contributed by atoms with Crippen LogP contribution in [0.2, 0.25) is 10.0 Å². The number of nitrogens with one attached hydrogen (secondary N) is 2. The Morgan fingerprint density at radius 1 is 1.19 bits per heavy atom. The third kappa shape index (κ3) is 6.60. The highest BCUT2D eigenvalue weighted by Gasteiger charge is 2.28. The van der Waals surface area contributed by atoms with Crippen molar-refractivity contribution in [2.24, 2.45) is 5.14 Å². The van der Waals surface area contributed by atoms with E-state index >= 15 is 0 Å². The summed E-state index contributed by atoms with van der Waals surface area (Å²) in [6, 6.07) is 6.72. The summed E-state index contributed by atoms with van der Waals surface area (Å²) in [6.07, 6.45) is 0. The van der Waals surface area contributed by atoms with Crippen molar-refractivity contribution in [3.05, 3.63) is 72.1 Å². The molecule has 14 heteroatoms. The van der Waals surface area contributed by atoms with Gasteiger partial charge in [-0.25, -0.2) is 22.7 Å². The van der Waals surface area contributed by atoms with E-state index in [1.54, 1.807) is 23.9 Å². The number of nitrogens with zero attached hydrogens (tertiary/aromatic N) is 2. The SMILES string of the molecule is CCSc1ccc(Cl)cc1Cn1c(=O)[nH]c2c(Cl)c(CN3CC(NSN)C3)c(F)cc2c1=O.FCF. The maximum Gasteiger partial charge on any atom is 0.329 e. The number of rotatable bonds is 8. The monoisotopic (exact) mass is 581 g/mol. The highest BCUT2D eigenvalue weighted by Crippen LogP contribution is 2.29. The molecule has 0 saturated carbocycles. The van der Waals surface area contributed by atoms with Crippen LogP contribution in [0, 0.1) is 5.82 Å². The molecule has 0 bridgehead atoms. The van der Waals surface area contributed by atoms with E-state index in [9.17, 15) is 22.8 Å². The van der Waals surface area contributed by atoms with E-state index < -0.39 is 24.0 Å². The van der Waals surface area contributed by atoms with Gasteiger partial charge in [-0.15, -0.1) is 11.8 Å². The van der Waals surface area contributed by atoms with Crippen molar-refractivity contribution in [2.75, 3.05) is 25.8 Å². The quantitative estimate of drug-likeness (QED) is 0.267. The van der Waals surface area contributed by atoms with Gasteiger partial charge < -0.3 is 4.98 Å². The Bertz CT molecular complexity index is 1340. The van der Waals surface area contributed by atoms with Crippen LogP contribution in [0.4, 0.5) is 13.2 Å². The Kier molecular flexibility index (Phi) is 10.6. The molecule has 1 saturated heterocycles. The molecule has 0 aliphatic carbocycles. The van der Waals surface area contributed by atoms with Crippen molar-refractivity contribution in [3.63, 3.8) is 0 Å². The molecule has 0 unspecified atom stereocenters. The Morgan fingerprint density at radius 3 is 2.53 bits per heavy atom. The highest BCUT2D eigenvalue weighted by molar-refractivity contribution is 7.99. The summed E-state index contributed by atoms with van der Waals surface area (Å²) in [7, 11) is 0. The summed E-state index contributed by atoms with van der Waals surface area (Å²) in [5.41, 5.74) is -0.107. The van der Waals surface area contributed by atoms with Crippen LogP contribution < -0.4 is 21.1 Å². The van der Waals surface area contributed by atoms with Crippen molar-refractivity contribution < 1.29 is 13.2 Å². The Balaban J connectivity index is 0.00000115. The van der Waals surface area contributed by atoms with Crippen molar-refractivity contribution in [1.29, 1.82) is 0 Å². The summed E-state index contributed by atoms with van der Waals surface area (Å²) in [4.78, 5) is 31.6. The molecule has 3 aromatic rings. The van der Waals surface area contributed by atoms with Gasteiger partial charge in [-0.2, -0.15) is 0 Å². The van der Waals surface area contributed by atoms with Crippen molar-refractivity contribution >= 4 is 58.0 Å². The van der Waals surface area contributed by atoms with Gasteiger partial charge in [-0.3, -0.25) is 19.4 Å². The number of halogens is 5. The average Bonchev–Trinajstić information content (AvgIpc) is 2.80. The summed E-state index contributed by atoms with van der Waals surface area (Å²) >= 11 is 15.2. The first-order valence-corrected chi connectivity index (χ1v) is 13.4. The lowest BCUT2D eigenvalue weighted by molar-refractivity contribution is 0.133. The van der Waals surface area contributed by atoms with Gasteiger partial charge in [0, 0.05) is 53.3 Å². The van der Waals surface area contributed by atoms with Crippen LogP contribution in [0.15, 0.2) is 38.8 Å². The average molecular weight is 583 g/mol. The number of aromatic nitrogens is 2. The summed E-state index contributed by atoms with van der Waals surface area (Å²) in [5, 5.41) is 5.97. The van der Waals surface area contributed by atoms with Gasteiger partial charge >= 0.3 is 5.69 Å². The second kappa shape index (κ2) is 13.2. The molecule has 2 heterocycles. The van der Waals surface area contributed by atoms with E-state index in [1.165, 1.54) is 0 Å². The number of thioether (sulfide) groups is 1. The molecule has 7 nitrogen and oxygen atoms in total. The van der Waals surface area contributed by atoms with Gasteiger partial charge in [-0.05, 0) is 35.6 Å². The van der Waals surface area contributed by atoms with E-state index in [2.05, 4.69) is 9.71 Å². The number of aromatic amines is 1. The summed E-state index contributed by atoms with van der Waals surface area (Å²) in [5.74, 6) is 0.234. The maximum atomic E-state index is 15.0. The van der Waals surface area contributed by atoms with Gasteiger partial charge in [0.15, 0.2) is 0 Å². The zero-order valence-electron chi connectivity index (χ0n) is 19.1. The Hall–Kier alpha value is -1.67. The third-order valence-corrected chi connectivity index (χ3v) is 7.61. The molecule has 1 aliphatic heterocycles. The van der Waals surface area contributed by atoms with Crippen LogP contribution in [0.3, 0.4) is 0 Å². The molecule has 196 valence electrons. The molecule has 0 amide bonds. The van der Waals surface area contributed by atoms with E-state index in [0.29, 0.717) is 18.1 Å².